The molecular formula is C11H8S8. The molecule has 0 amide bonds. The summed E-state index contributed by atoms with van der Waals surface area (Å²) in [7, 11) is 0. The molecule has 4 heterocycles. The molecular weight excluding hydrogens is 389 g/mol. The smallest absolute Gasteiger partial charge is 0.0718 e. The molecule has 0 radical (unpaired) electrons. The van der Waals surface area contributed by atoms with Crippen molar-refractivity contribution in [2.24, 2.45) is 0 Å². The van der Waals surface area contributed by atoms with Gasteiger partial charge in [-0.3, -0.25) is 0 Å². The van der Waals surface area contributed by atoms with Gasteiger partial charge in [-0.05, 0) is 28.7 Å². The zero-order valence-corrected chi connectivity index (χ0v) is 16.1. The van der Waals surface area contributed by atoms with Crippen LogP contribution in [0.4, 0.5) is 0 Å². The fraction of sp³-hybridized carbons (Fsp3) is 0.273. The molecule has 0 aliphatic carbocycles. The lowest BCUT2D eigenvalue weighted by atomic mass is 10.6. The van der Waals surface area contributed by atoms with Gasteiger partial charge in [0.15, 0.2) is 0 Å². The third-order valence-electron chi connectivity index (χ3n) is 2.40. The molecule has 4 aliphatic heterocycles. The minimum Gasteiger partial charge on any atom is -0.118 e. The van der Waals surface area contributed by atoms with Crippen molar-refractivity contribution in [3.05, 3.63) is 36.2 Å². The van der Waals surface area contributed by atoms with Crippen LogP contribution in [-0.2, 0) is 0 Å². The first-order valence-corrected chi connectivity index (χ1v) is 12.6. The topological polar surface area (TPSA) is 0 Å². The second-order valence-electron chi connectivity index (χ2n) is 3.69. The Morgan fingerprint density at radius 3 is 1.63 bits per heavy atom. The van der Waals surface area contributed by atoms with Crippen molar-refractivity contribution >= 4 is 94.1 Å². The van der Waals surface area contributed by atoms with Crippen LogP contribution in [0.25, 0.3) is 0 Å². The van der Waals surface area contributed by atoms with E-state index in [1.54, 1.807) is 4.24 Å². The van der Waals surface area contributed by atoms with Gasteiger partial charge in [-0.15, -0.1) is 23.5 Å². The van der Waals surface area contributed by atoms with Crippen LogP contribution in [0.3, 0.4) is 0 Å². The number of thioether (sulfide) groups is 8. The van der Waals surface area contributed by atoms with E-state index in [1.165, 1.54) is 39.1 Å². The Labute approximate surface area is 147 Å². The third-order valence-corrected chi connectivity index (χ3v) is 13.8. The highest BCUT2D eigenvalue weighted by molar-refractivity contribution is 8.49. The summed E-state index contributed by atoms with van der Waals surface area (Å²) in [6.45, 7) is 0. The lowest BCUT2D eigenvalue weighted by Gasteiger charge is -2.15. The fourth-order valence-corrected chi connectivity index (χ4v) is 13.2. The Morgan fingerprint density at radius 1 is 0.579 bits per heavy atom. The molecule has 0 aromatic heterocycles. The van der Waals surface area contributed by atoms with Crippen molar-refractivity contribution in [2.75, 3.05) is 11.5 Å². The van der Waals surface area contributed by atoms with Crippen molar-refractivity contribution in [3.8, 4) is 0 Å². The molecule has 0 saturated carbocycles. The SMILES string of the molecule is C1=CSC(=C2SC3=C(S2)SC(=C2SCCCS2)S3)S1. The molecule has 4 rings (SSSR count). The largest absolute Gasteiger partial charge is 0.118 e. The van der Waals surface area contributed by atoms with E-state index in [1.807, 2.05) is 70.6 Å². The predicted molar refractivity (Wildman–Crippen MR) is 105 cm³/mol. The number of hydrogen-bond acceptors (Lipinski definition) is 8. The van der Waals surface area contributed by atoms with Crippen LogP contribution < -0.4 is 0 Å². The molecule has 8 heteroatoms. The molecule has 19 heavy (non-hydrogen) atoms. The Bertz CT molecular complexity index is 501. The average Bonchev–Trinajstić information content (AvgIpc) is 3.14. The van der Waals surface area contributed by atoms with E-state index in [0.717, 1.165) is 0 Å². The lowest BCUT2D eigenvalue weighted by Crippen LogP contribution is -1.92. The van der Waals surface area contributed by atoms with Crippen molar-refractivity contribution in [1.29, 1.82) is 0 Å². The monoisotopic (exact) mass is 396 g/mol. The summed E-state index contributed by atoms with van der Waals surface area (Å²) < 4.78 is 9.07. The van der Waals surface area contributed by atoms with Gasteiger partial charge >= 0.3 is 0 Å². The Kier molecular flexibility index (Phi) is 4.90. The molecule has 0 aromatic carbocycles. The maximum absolute atomic E-state index is 2.18. The minimum absolute atomic E-state index is 1.30. The summed E-state index contributed by atoms with van der Waals surface area (Å²) in [5.41, 5.74) is 0. The first kappa shape index (κ1) is 14.4. The molecule has 0 spiro atoms. The summed E-state index contributed by atoms with van der Waals surface area (Å²) in [5.74, 6) is 2.60. The maximum Gasteiger partial charge on any atom is 0.0718 e. The highest BCUT2D eigenvalue weighted by Crippen LogP contribution is 2.70. The summed E-state index contributed by atoms with van der Waals surface area (Å²) in [5, 5.41) is 4.36. The van der Waals surface area contributed by atoms with Gasteiger partial charge in [0.25, 0.3) is 0 Å². The number of rotatable bonds is 0. The molecule has 4 aliphatic rings. The van der Waals surface area contributed by atoms with Gasteiger partial charge in [-0.2, -0.15) is 0 Å². The predicted octanol–water partition coefficient (Wildman–Crippen LogP) is 7.15. The second-order valence-corrected chi connectivity index (χ2v) is 13.4. The van der Waals surface area contributed by atoms with Crippen LogP contribution >= 0.6 is 94.1 Å². The minimum atomic E-state index is 1.30. The molecule has 0 unspecified atom stereocenters. The van der Waals surface area contributed by atoms with E-state index >= 15 is 0 Å². The summed E-state index contributed by atoms with van der Waals surface area (Å²) in [6.07, 6.45) is 1.36. The zero-order valence-electron chi connectivity index (χ0n) is 9.54. The molecule has 1 saturated heterocycles. The molecule has 1 fully saturated rings. The van der Waals surface area contributed by atoms with Gasteiger partial charge in [0, 0.05) is 0 Å². The van der Waals surface area contributed by atoms with Crippen LogP contribution in [0.1, 0.15) is 6.42 Å². The van der Waals surface area contributed by atoms with Crippen LogP contribution in [-0.4, -0.2) is 11.5 Å². The third kappa shape index (κ3) is 3.11. The Balaban J connectivity index is 1.48. The van der Waals surface area contributed by atoms with Crippen LogP contribution in [0.2, 0.25) is 0 Å². The van der Waals surface area contributed by atoms with Gasteiger partial charge in [0.1, 0.15) is 0 Å². The van der Waals surface area contributed by atoms with Crippen LogP contribution in [0.5, 0.6) is 0 Å². The highest BCUT2D eigenvalue weighted by atomic mass is 32.3. The quantitative estimate of drug-likeness (QED) is 0.418. The van der Waals surface area contributed by atoms with Gasteiger partial charge < -0.3 is 0 Å². The van der Waals surface area contributed by atoms with E-state index in [9.17, 15) is 0 Å². The van der Waals surface area contributed by atoms with E-state index in [0.29, 0.717) is 0 Å². The van der Waals surface area contributed by atoms with Crippen LogP contribution in [0.15, 0.2) is 36.2 Å². The van der Waals surface area contributed by atoms with Crippen molar-refractivity contribution in [1.82, 2.24) is 0 Å². The number of hydrogen-bond donors (Lipinski definition) is 0. The summed E-state index contributed by atoms with van der Waals surface area (Å²) >= 11 is 15.8. The Morgan fingerprint density at radius 2 is 1.05 bits per heavy atom. The van der Waals surface area contributed by atoms with E-state index < -0.39 is 0 Å². The van der Waals surface area contributed by atoms with Crippen molar-refractivity contribution < 1.29 is 0 Å². The average molecular weight is 397 g/mol. The summed E-state index contributed by atoms with van der Waals surface area (Å²) in [4.78, 5) is 0. The van der Waals surface area contributed by atoms with Crippen molar-refractivity contribution in [2.45, 2.75) is 6.42 Å². The van der Waals surface area contributed by atoms with Gasteiger partial charge in [0.05, 0.1) is 25.4 Å². The van der Waals surface area contributed by atoms with Crippen LogP contribution in [0, 0.1) is 0 Å². The first-order valence-electron chi connectivity index (χ1n) is 5.58. The van der Waals surface area contributed by atoms with E-state index in [2.05, 4.69) is 34.3 Å². The molecule has 100 valence electrons. The van der Waals surface area contributed by atoms with Crippen molar-refractivity contribution in [3.63, 3.8) is 0 Å². The van der Waals surface area contributed by atoms with Gasteiger partial charge in [-0.1, -0.05) is 70.6 Å². The standard InChI is InChI=1S/C11H8S8/c1-2-12-6(13-3-1)8-16-10-11(17-8)19-9(18-10)7-14-4-5-15-7/h4-5H,1-3H2. The molecule has 0 atom stereocenters. The normalized spacial score (nSPS) is 26.9. The second kappa shape index (κ2) is 6.48. The van der Waals surface area contributed by atoms with Gasteiger partial charge in [0.2, 0.25) is 0 Å². The molecule has 0 nitrogen and oxygen atoms in total. The summed E-state index contributed by atoms with van der Waals surface area (Å²) in [6, 6.07) is 0. The van der Waals surface area contributed by atoms with Gasteiger partial charge in [-0.25, -0.2) is 0 Å². The molecule has 0 aromatic rings. The zero-order chi connectivity index (χ0) is 12.7. The maximum atomic E-state index is 2.18. The van der Waals surface area contributed by atoms with E-state index in [-0.39, 0.29) is 0 Å². The fourth-order valence-electron chi connectivity index (χ4n) is 1.60. The van der Waals surface area contributed by atoms with E-state index in [4.69, 9.17) is 0 Å². The molecule has 0 N–H and O–H groups in total. The molecule has 0 bridgehead atoms. The highest BCUT2D eigenvalue weighted by Gasteiger charge is 2.34. The first-order chi connectivity index (χ1) is 9.40. The Hall–Kier alpha value is 1.76. The lowest BCUT2D eigenvalue weighted by molar-refractivity contribution is 1.12.